The minimum atomic E-state index is -3.81. The predicted octanol–water partition coefficient (Wildman–Crippen LogP) is -0.625. The van der Waals surface area contributed by atoms with Crippen LogP contribution in [0.15, 0.2) is 40.6 Å². The van der Waals surface area contributed by atoms with Crippen LogP contribution in [0, 0.1) is 0 Å². The fourth-order valence-corrected chi connectivity index (χ4v) is 3.46. The van der Waals surface area contributed by atoms with Gasteiger partial charge in [-0.2, -0.15) is 0 Å². The summed E-state index contributed by atoms with van der Waals surface area (Å²) in [5, 5.41) is 8.52. The molecule has 1 atom stereocenters. The first-order chi connectivity index (χ1) is 9.17. The zero-order valence-electron chi connectivity index (χ0n) is 10.2. The highest BCUT2D eigenvalue weighted by atomic mass is 32.2. The van der Waals surface area contributed by atoms with E-state index in [0.717, 1.165) is 5.41 Å². The molecule has 3 N–H and O–H groups in total. The Hall–Kier alpha value is -1.71. The van der Waals surface area contributed by atoms with E-state index in [-0.39, 0.29) is 16.2 Å². The molecule has 2 rings (SSSR count). The second kappa shape index (κ2) is 5.00. The highest BCUT2D eigenvalue weighted by molar-refractivity contribution is 7.94. The van der Waals surface area contributed by atoms with Gasteiger partial charge in [0.25, 0.3) is 5.91 Å². The Kier molecular flexibility index (Phi) is 3.67. The molecular formula is C11H12N2O5S2. The molecule has 0 aromatic heterocycles. The van der Waals surface area contributed by atoms with Gasteiger partial charge in [-0.25, -0.2) is 22.0 Å². The number of nitrogens with two attached hydrogens (primary N) is 1. The third kappa shape index (κ3) is 3.44. The summed E-state index contributed by atoms with van der Waals surface area (Å²) in [4.78, 5) is 11.8. The summed E-state index contributed by atoms with van der Waals surface area (Å²) in [5.41, 5.74) is 0.218. The maximum Gasteiger partial charge on any atom is 0.251 e. The Labute approximate surface area is 116 Å². The van der Waals surface area contributed by atoms with Crippen molar-refractivity contribution in [3.63, 3.8) is 0 Å². The summed E-state index contributed by atoms with van der Waals surface area (Å²) in [6, 6.07) is 4.46. The fourth-order valence-electron chi connectivity index (χ4n) is 1.71. The number of amides is 1. The van der Waals surface area contributed by atoms with Gasteiger partial charge in [-0.3, -0.25) is 4.79 Å². The van der Waals surface area contributed by atoms with Crippen LogP contribution in [-0.2, 0) is 19.9 Å². The first-order valence-corrected chi connectivity index (χ1v) is 8.78. The molecule has 0 fully saturated rings. The zero-order chi connectivity index (χ0) is 15.0. The van der Waals surface area contributed by atoms with Gasteiger partial charge in [0.1, 0.15) is 0 Å². The molecule has 1 aromatic carbocycles. The van der Waals surface area contributed by atoms with Crippen LogP contribution in [0.4, 0.5) is 0 Å². The number of sulfone groups is 1. The van der Waals surface area contributed by atoms with Crippen molar-refractivity contribution in [1.82, 2.24) is 5.32 Å². The van der Waals surface area contributed by atoms with Crippen molar-refractivity contribution >= 4 is 25.8 Å². The summed E-state index contributed by atoms with van der Waals surface area (Å²) in [5.74, 6) is -0.661. The van der Waals surface area contributed by atoms with E-state index in [1.807, 2.05) is 0 Å². The maximum atomic E-state index is 11.9. The molecule has 0 aliphatic carbocycles. The van der Waals surface area contributed by atoms with E-state index >= 15 is 0 Å². The lowest BCUT2D eigenvalue weighted by Gasteiger charge is -2.10. The van der Waals surface area contributed by atoms with E-state index in [2.05, 4.69) is 5.32 Å². The van der Waals surface area contributed by atoms with Gasteiger partial charge < -0.3 is 5.32 Å². The summed E-state index contributed by atoms with van der Waals surface area (Å²) in [6.45, 7) is 0. The molecule has 0 bridgehead atoms. The van der Waals surface area contributed by atoms with E-state index in [4.69, 9.17) is 5.14 Å². The van der Waals surface area contributed by atoms with Gasteiger partial charge in [0.15, 0.2) is 9.84 Å². The number of sulfonamides is 1. The topological polar surface area (TPSA) is 123 Å². The van der Waals surface area contributed by atoms with E-state index in [0.29, 0.717) is 0 Å². The van der Waals surface area contributed by atoms with Crippen LogP contribution in [0.25, 0.3) is 0 Å². The van der Waals surface area contributed by atoms with E-state index in [1.54, 1.807) is 0 Å². The van der Waals surface area contributed by atoms with Crippen LogP contribution in [0.1, 0.15) is 10.4 Å². The van der Waals surface area contributed by atoms with Crippen molar-refractivity contribution in [2.75, 3.05) is 5.75 Å². The van der Waals surface area contributed by atoms with Crippen LogP contribution in [0.2, 0.25) is 0 Å². The molecular weight excluding hydrogens is 304 g/mol. The quantitative estimate of drug-likeness (QED) is 0.769. The SMILES string of the molecule is NS(=O)(=O)c1ccc(C(=O)NC2C=CS(=O)(=O)C2)cc1. The van der Waals surface area contributed by atoms with Crippen molar-refractivity contribution in [3.8, 4) is 0 Å². The zero-order valence-corrected chi connectivity index (χ0v) is 11.8. The lowest BCUT2D eigenvalue weighted by Crippen LogP contribution is -2.35. The van der Waals surface area contributed by atoms with Crippen molar-refractivity contribution < 1.29 is 21.6 Å². The smallest absolute Gasteiger partial charge is 0.251 e. The van der Waals surface area contributed by atoms with Crippen molar-refractivity contribution in [1.29, 1.82) is 0 Å². The van der Waals surface area contributed by atoms with Gasteiger partial charge in [-0.15, -0.1) is 0 Å². The van der Waals surface area contributed by atoms with Crippen LogP contribution in [0.5, 0.6) is 0 Å². The normalized spacial score (nSPS) is 20.8. The number of carbonyl (C=O) groups excluding carboxylic acids is 1. The highest BCUT2D eigenvalue weighted by Gasteiger charge is 2.23. The molecule has 1 heterocycles. The summed E-state index contributed by atoms with van der Waals surface area (Å²) in [6.07, 6.45) is 1.39. The van der Waals surface area contributed by atoms with E-state index < -0.39 is 31.8 Å². The van der Waals surface area contributed by atoms with Crippen molar-refractivity contribution in [3.05, 3.63) is 41.3 Å². The van der Waals surface area contributed by atoms with Crippen LogP contribution >= 0.6 is 0 Å². The minimum Gasteiger partial charge on any atom is -0.345 e. The molecule has 1 aromatic rings. The molecule has 108 valence electrons. The Morgan fingerprint density at radius 2 is 1.85 bits per heavy atom. The lowest BCUT2D eigenvalue weighted by molar-refractivity contribution is 0.0947. The molecule has 1 amide bonds. The first-order valence-electron chi connectivity index (χ1n) is 5.52. The van der Waals surface area contributed by atoms with Crippen molar-refractivity contribution in [2.24, 2.45) is 5.14 Å². The average molecular weight is 316 g/mol. The van der Waals surface area contributed by atoms with Gasteiger partial charge in [-0.05, 0) is 30.3 Å². The predicted molar refractivity (Wildman–Crippen MR) is 72.0 cm³/mol. The molecule has 1 aliphatic rings. The van der Waals surface area contributed by atoms with Gasteiger partial charge in [-0.1, -0.05) is 0 Å². The molecule has 7 nitrogen and oxygen atoms in total. The van der Waals surface area contributed by atoms with Crippen LogP contribution in [-0.4, -0.2) is 34.5 Å². The van der Waals surface area contributed by atoms with E-state index in [1.165, 1.54) is 30.3 Å². The number of benzene rings is 1. The number of nitrogens with one attached hydrogen (secondary N) is 1. The highest BCUT2D eigenvalue weighted by Crippen LogP contribution is 2.11. The van der Waals surface area contributed by atoms with Crippen molar-refractivity contribution in [2.45, 2.75) is 10.9 Å². The minimum absolute atomic E-state index is 0.0996. The Morgan fingerprint density at radius 1 is 1.25 bits per heavy atom. The summed E-state index contributed by atoms with van der Waals surface area (Å²) >= 11 is 0. The molecule has 20 heavy (non-hydrogen) atoms. The third-order valence-electron chi connectivity index (χ3n) is 2.69. The van der Waals surface area contributed by atoms with Gasteiger partial charge in [0.05, 0.1) is 16.7 Å². The van der Waals surface area contributed by atoms with Crippen LogP contribution in [0.3, 0.4) is 0 Å². The Morgan fingerprint density at radius 3 is 2.30 bits per heavy atom. The number of carbonyl (C=O) groups is 1. The number of primary sulfonamides is 1. The summed E-state index contributed by atoms with van der Waals surface area (Å²) < 4.78 is 44.5. The van der Waals surface area contributed by atoms with Gasteiger partial charge in [0, 0.05) is 11.0 Å². The van der Waals surface area contributed by atoms with E-state index in [9.17, 15) is 21.6 Å². The van der Waals surface area contributed by atoms with Gasteiger partial charge in [0.2, 0.25) is 10.0 Å². The number of hydrogen-bond acceptors (Lipinski definition) is 5. The summed E-state index contributed by atoms with van der Waals surface area (Å²) in [7, 11) is -7.05. The monoisotopic (exact) mass is 316 g/mol. The molecule has 0 spiro atoms. The average Bonchev–Trinajstić information content (AvgIpc) is 2.67. The molecule has 9 heteroatoms. The molecule has 0 saturated carbocycles. The fraction of sp³-hybridized carbons (Fsp3) is 0.182. The van der Waals surface area contributed by atoms with Gasteiger partial charge >= 0.3 is 0 Å². The standard InChI is InChI=1S/C11H12N2O5S2/c12-20(17,18)10-3-1-8(2-4-10)11(14)13-9-5-6-19(15,16)7-9/h1-6,9H,7H2,(H,13,14)(H2,12,17,18). The second-order valence-corrected chi connectivity index (χ2v) is 7.80. The lowest BCUT2D eigenvalue weighted by atomic mass is 10.2. The third-order valence-corrected chi connectivity index (χ3v) is 5.02. The Bertz CT molecular complexity index is 764. The second-order valence-electron chi connectivity index (χ2n) is 4.31. The molecule has 1 aliphatic heterocycles. The number of hydrogen-bond donors (Lipinski definition) is 2. The Balaban J connectivity index is 2.09. The first kappa shape index (κ1) is 14.7. The number of rotatable bonds is 3. The largest absolute Gasteiger partial charge is 0.345 e. The molecule has 0 radical (unpaired) electrons. The molecule has 1 unspecified atom stereocenters. The molecule has 0 saturated heterocycles. The van der Waals surface area contributed by atoms with Crippen LogP contribution < -0.4 is 10.5 Å². The maximum absolute atomic E-state index is 11.9.